The molecule has 0 amide bonds. The van der Waals surface area contributed by atoms with Crippen molar-refractivity contribution in [3.8, 4) is 22.7 Å². The fourth-order valence-electron chi connectivity index (χ4n) is 2.90. The van der Waals surface area contributed by atoms with Gasteiger partial charge in [0.05, 0.1) is 18.2 Å². The van der Waals surface area contributed by atoms with E-state index in [1.165, 1.54) is 4.68 Å². The fourth-order valence-corrected chi connectivity index (χ4v) is 2.90. The number of benzene rings is 2. The summed E-state index contributed by atoms with van der Waals surface area (Å²) in [5.41, 5.74) is 1.86. The lowest BCUT2D eigenvalue weighted by atomic mass is 10.0. The van der Waals surface area contributed by atoms with Gasteiger partial charge in [-0.3, -0.25) is 4.79 Å². The number of nitrogens with zero attached hydrogens (tertiary/aromatic N) is 3. The zero-order chi connectivity index (χ0) is 17.9. The lowest BCUT2D eigenvalue weighted by molar-refractivity contribution is 0.340. The highest BCUT2D eigenvalue weighted by Gasteiger charge is 2.08. The average Bonchev–Trinajstić information content (AvgIpc) is 2.69. The minimum atomic E-state index is -0.184. The molecule has 4 aromatic rings. The fraction of sp³-hybridized carbons (Fsp3) is 0.0952. The third kappa shape index (κ3) is 2.95. The topological polar surface area (TPSA) is 57.0 Å². The van der Waals surface area contributed by atoms with Crippen LogP contribution in [-0.2, 0) is 0 Å². The average molecular weight is 343 g/mol. The van der Waals surface area contributed by atoms with Crippen LogP contribution < -0.4 is 10.3 Å². The molecule has 0 N–H and O–H groups in total. The molecule has 2 aromatic heterocycles. The summed E-state index contributed by atoms with van der Waals surface area (Å²) in [6.07, 6.45) is 3.34. The molecular weight excluding hydrogens is 326 g/mol. The molecule has 2 aromatic carbocycles. The Labute approximate surface area is 150 Å². The molecule has 0 fully saturated rings. The number of fused-ring (bicyclic) bond motifs is 1. The Morgan fingerprint density at radius 3 is 2.69 bits per heavy atom. The predicted octanol–water partition coefficient (Wildman–Crippen LogP) is 3.85. The van der Waals surface area contributed by atoms with Crippen LogP contribution in [0.15, 0.2) is 77.9 Å². The van der Waals surface area contributed by atoms with Gasteiger partial charge in [-0.05, 0) is 54.4 Å². The quantitative estimate of drug-likeness (QED) is 0.565. The van der Waals surface area contributed by atoms with E-state index in [1.54, 1.807) is 24.5 Å². The molecule has 26 heavy (non-hydrogen) atoms. The van der Waals surface area contributed by atoms with Crippen molar-refractivity contribution in [1.82, 2.24) is 14.8 Å². The van der Waals surface area contributed by atoms with E-state index in [2.05, 4.69) is 10.1 Å². The maximum Gasteiger partial charge on any atom is 0.280 e. The van der Waals surface area contributed by atoms with Gasteiger partial charge in [-0.25, -0.2) is 4.98 Å². The van der Waals surface area contributed by atoms with Gasteiger partial charge in [0.1, 0.15) is 5.75 Å². The van der Waals surface area contributed by atoms with Crippen molar-refractivity contribution < 1.29 is 4.74 Å². The van der Waals surface area contributed by atoms with E-state index in [-0.39, 0.29) is 5.56 Å². The van der Waals surface area contributed by atoms with Crippen LogP contribution in [0.3, 0.4) is 0 Å². The molecule has 0 saturated heterocycles. The van der Waals surface area contributed by atoms with Gasteiger partial charge < -0.3 is 4.74 Å². The van der Waals surface area contributed by atoms with Crippen LogP contribution in [-0.4, -0.2) is 21.4 Å². The molecule has 0 saturated carbocycles. The zero-order valence-corrected chi connectivity index (χ0v) is 14.3. The smallest absolute Gasteiger partial charge is 0.280 e. The third-order valence-electron chi connectivity index (χ3n) is 4.13. The van der Waals surface area contributed by atoms with Crippen molar-refractivity contribution in [3.63, 3.8) is 0 Å². The molecule has 0 aliphatic rings. The molecular formula is C21H17N3O2. The lowest BCUT2D eigenvalue weighted by Gasteiger charge is -2.08. The first-order chi connectivity index (χ1) is 12.8. The van der Waals surface area contributed by atoms with Gasteiger partial charge in [0, 0.05) is 11.6 Å². The van der Waals surface area contributed by atoms with Crippen LogP contribution in [0.5, 0.6) is 5.75 Å². The van der Waals surface area contributed by atoms with Crippen LogP contribution in [0.1, 0.15) is 6.92 Å². The van der Waals surface area contributed by atoms with E-state index >= 15 is 0 Å². The maximum atomic E-state index is 12.8. The molecule has 0 aliphatic carbocycles. The maximum absolute atomic E-state index is 12.8. The molecule has 0 spiro atoms. The van der Waals surface area contributed by atoms with Crippen LogP contribution in [0.25, 0.3) is 27.7 Å². The summed E-state index contributed by atoms with van der Waals surface area (Å²) in [5.74, 6) is 1.33. The minimum Gasteiger partial charge on any atom is -0.494 e. The molecule has 128 valence electrons. The summed E-state index contributed by atoms with van der Waals surface area (Å²) < 4.78 is 6.88. The van der Waals surface area contributed by atoms with E-state index in [0.29, 0.717) is 17.8 Å². The summed E-state index contributed by atoms with van der Waals surface area (Å²) in [5, 5.41) is 5.68. The molecule has 5 nitrogen and oxygen atoms in total. The molecule has 5 heteroatoms. The highest BCUT2D eigenvalue weighted by atomic mass is 16.5. The SMILES string of the molecule is CCOc1cccc(-c2ccc3c(=O)n(-c4ccccn4)ncc3c2)c1. The van der Waals surface area contributed by atoms with Crippen molar-refractivity contribution in [1.29, 1.82) is 0 Å². The Hall–Kier alpha value is -3.47. The van der Waals surface area contributed by atoms with Gasteiger partial charge in [-0.15, -0.1) is 0 Å². The summed E-state index contributed by atoms with van der Waals surface area (Å²) >= 11 is 0. The van der Waals surface area contributed by atoms with E-state index in [0.717, 1.165) is 22.3 Å². The molecule has 2 heterocycles. The highest BCUT2D eigenvalue weighted by Crippen LogP contribution is 2.26. The second kappa shape index (κ2) is 6.80. The largest absolute Gasteiger partial charge is 0.494 e. The van der Waals surface area contributed by atoms with Crippen LogP contribution in [0.4, 0.5) is 0 Å². The van der Waals surface area contributed by atoms with Crippen molar-refractivity contribution in [2.45, 2.75) is 6.92 Å². The van der Waals surface area contributed by atoms with Gasteiger partial charge >= 0.3 is 0 Å². The van der Waals surface area contributed by atoms with Crippen molar-refractivity contribution >= 4 is 10.8 Å². The minimum absolute atomic E-state index is 0.184. The van der Waals surface area contributed by atoms with Gasteiger partial charge in [0.25, 0.3) is 5.56 Å². The Kier molecular flexibility index (Phi) is 4.19. The first-order valence-corrected chi connectivity index (χ1v) is 8.43. The first kappa shape index (κ1) is 16.0. The molecule has 4 rings (SSSR count). The highest BCUT2D eigenvalue weighted by molar-refractivity contribution is 5.86. The zero-order valence-electron chi connectivity index (χ0n) is 14.3. The molecule has 0 radical (unpaired) electrons. The predicted molar refractivity (Wildman–Crippen MR) is 102 cm³/mol. The number of hydrogen-bond donors (Lipinski definition) is 0. The van der Waals surface area contributed by atoms with E-state index in [1.807, 2.05) is 55.5 Å². The van der Waals surface area contributed by atoms with E-state index in [4.69, 9.17) is 4.74 Å². The number of ether oxygens (including phenoxy) is 1. The van der Waals surface area contributed by atoms with E-state index in [9.17, 15) is 4.79 Å². The van der Waals surface area contributed by atoms with E-state index < -0.39 is 0 Å². The third-order valence-corrected chi connectivity index (χ3v) is 4.13. The summed E-state index contributed by atoms with van der Waals surface area (Å²) in [4.78, 5) is 17.0. The second-order valence-electron chi connectivity index (χ2n) is 5.81. The van der Waals surface area contributed by atoms with Crippen molar-refractivity contribution in [2.75, 3.05) is 6.61 Å². The van der Waals surface area contributed by atoms with Crippen molar-refractivity contribution in [3.05, 3.63) is 83.4 Å². The van der Waals surface area contributed by atoms with Crippen LogP contribution >= 0.6 is 0 Å². The molecule has 0 atom stereocenters. The Bertz CT molecular complexity index is 1120. The van der Waals surface area contributed by atoms with Gasteiger partial charge in [0.15, 0.2) is 5.82 Å². The van der Waals surface area contributed by atoms with Crippen LogP contribution in [0, 0.1) is 0 Å². The lowest BCUT2D eigenvalue weighted by Crippen LogP contribution is -2.21. The number of aromatic nitrogens is 3. The van der Waals surface area contributed by atoms with Gasteiger partial charge in [-0.2, -0.15) is 9.78 Å². The number of hydrogen-bond acceptors (Lipinski definition) is 4. The second-order valence-corrected chi connectivity index (χ2v) is 5.81. The van der Waals surface area contributed by atoms with Gasteiger partial charge in [0.2, 0.25) is 0 Å². The first-order valence-electron chi connectivity index (χ1n) is 8.43. The molecule has 0 unspecified atom stereocenters. The van der Waals surface area contributed by atoms with Crippen LogP contribution in [0.2, 0.25) is 0 Å². The summed E-state index contributed by atoms with van der Waals surface area (Å²) in [6, 6.07) is 19.0. The molecule has 0 bridgehead atoms. The normalized spacial score (nSPS) is 10.8. The summed E-state index contributed by atoms with van der Waals surface area (Å²) in [7, 11) is 0. The number of pyridine rings is 1. The Morgan fingerprint density at radius 2 is 1.88 bits per heavy atom. The van der Waals surface area contributed by atoms with Crippen molar-refractivity contribution in [2.24, 2.45) is 0 Å². The van der Waals surface area contributed by atoms with Gasteiger partial charge in [-0.1, -0.05) is 24.3 Å². The standard InChI is InChI=1S/C21H17N3O2/c1-2-26-18-7-5-6-15(13-18)16-9-10-19-17(12-16)14-23-24(21(19)25)20-8-3-4-11-22-20/h3-14H,2H2,1H3. The summed E-state index contributed by atoms with van der Waals surface area (Å²) in [6.45, 7) is 2.58. The molecule has 0 aliphatic heterocycles. The Morgan fingerprint density at radius 1 is 1.00 bits per heavy atom. The Balaban J connectivity index is 1.80. The monoisotopic (exact) mass is 343 g/mol. The number of rotatable bonds is 4.